The number of nitrogens with zero attached hydrogens (tertiary/aromatic N) is 6. The van der Waals surface area contributed by atoms with E-state index < -0.39 is 5.60 Å². The predicted molar refractivity (Wildman–Crippen MR) is 111 cm³/mol. The van der Waals surface area contributed by atoms with Gasteiger partial charge in [0.05, 0.1) is 29.5 Å². The van der Waals surface area contributed by atoms with Crippen LogP contribution >= 0.6 is 0 Å². The topological polar surface area (TPSA) is 87.4 Å². The van der Waals surface area contributed by atoms with Crippen LogP contribution in [0.4, 0.5) is 5.82 Å². The first-order chi connectivity index (χ1) is 13.8. The van der Waals surface area contributed by atoms with Crippen LogP contribution in [0.25, 0.3) is 11.0 Å². The smallest absolute Gasteiger partial charge is 0.253 e. The Kier molecular flexibility index (Phi) is 4.96. The second-order valence-corrected chi connectivity index (χ2v) is 7.99. The maximum Gasteiger partial charge on any atom is 0.253 e. The summed E-state index contributed by atoms with van der Waals surface area (Å²) >= 11 is 0. The number of amides is 1. The summed E-state index contributed by atoms with van der Waals surface area (Å²) in [5, 5.41) is 11.2. The lowest BCUT2D eigenvalue weighted by molar-refractivity contribution is -0.000136. The third-order valence-corrected chi connectivity index (χ3v) is 5.52. The quantitative estimate of drug-likeness (QED) is 0.726. The van der Waals surface area contributed by atoms with Gasteiger partial charge in [-0.05, 0) is 38.0 Å². The number of anilines is 1. The van der Waals surface area contributed by atoms with Crippen molar-refractivity contribution in [2.75, 3.05) is 31.6 Å². The van der Waals surface area contributed by atoms with Crippen LogP contribution < -0.4 is 4.90 Å². The summed E-state index contributed by atoms with van der Waals surface area (Å²) < 4.78 is 1.92. The van der Waals surface area contributed by atoms with E-state index in [0.29, 0.717) is 18.5 Å². The lowest BCUT2D eigenvalue weighted by Gasteiger charge is -2.41. The summed E-state index contributed by atoms with van der Waals surface area (Å²) in [5.41, 5.74) is 2.23. The number of hydrogen-bond acceptors (Lipinski definition) is 6. The Morgan fingerprint density at radius 3 is 2.90 bits per heavy atom. The highest BCUT2D eigenvalue weighted by Gasteiger charge is 2.36. The molecule has 1 N–H and O–H groups in total. The van der Waals surface area contributed by atoms with Crippen LogP contribution in [0.2, 0.25) is 0 Å². The Bertz CT molecular complexity index is 1050. The molecule has 0 spiro atoms. The van der Waals surface area contributed by atoms with Gasteiger partial charge in [-0.15, -0.1) is 0 Å². The fourth-order valence-corrected chi connectivity index (χ4v) is 4.05. The van der Waals surface area contributed by atoms with E-state index in [4.69, 9.17) is 0 Å². The lowest BCUT2D eigenvalue weighted by Crippen LogP contribution is -2.54. The minimum absolute atomic E-state index is 0.124. The van der Waals surface area contributed by atoms with Gasteiger partial charge in [-0.2, -0.15) is 0 Å². The number of rotatable bonds is 4. The van der Waals surface area contributed by atoms with Gasteiger partial charge in [-0.25, -0.2) is 15.0 Å². The Balaban J connectivity index is 1.48. The molecular weight excluding hydrogens is 368 g/mol. The fourth-order valence-electron chi connectivity index (χ4n) is 4.05. The molecule has 1 unspecified atom stereocenters. The predicted octanol–water partition coefficient (Wildman–Crippen LogP) is 1.78. The van der Waals surface area contributed by atoms with Crippen LogP contribution in [0.15, 0.2) is 36.9 Å². The number of likely N-dealkylation sites (N-methyl/N-ethyl adjacent to an activating group) is 1. The van der Waals surface area contributed by atoms with Crippen molar-refractivity contribution >= 4 is 22.8 Å². The van der Waals surface area contributed by atoms with Crippen molar-refractivity contribution in [1.82, 2.24) is 24.4 Å². The van der Waals surface area contributed by atoms with Crippen molar-refractivity contribution in [3.63, 3.8) is 0 Å². The first-order valence-electron chi connectivity index (χ1n) is 9.77. The summed E-state index contributed by atoms with van der Waals surface area (Å²) in [7, 11) is 3.66. The van der Waals surface area contributed by atoms with Gasteiger partial charge in [0.2, 0.25) is 0 Å². The zero-order valence-electron chi connectivity index (χ0n) is 17.0. The van der Waals surface area contributed by atoms with Gasteiger partial charge in [0.25, 0.3) is 5.91 Å². The van der Waals surface area contributed by atoms with E-state index >= 15 is 0 Å². The number of benzene rings is 1. The SMILES string of the molecule is Cc1cc(N2CCCC(O)(CN(C)C(=O)c3ccc4c(c3)ncn4C)C2)ncn1. The first-order valence-corrected chi connectivity index (χ1v) is 9.77. The number of aliphatic hydroxyl groups is 1. The van der Waals surface area contributed by atoms with Crippen molar-refractivity contribution in [2.24, 2.45) is 7.05 Å². The van der Waals surface area contributed by atoms with Crippen LogP contribution in [0, 0.1) is 6.92 Å². The van der Waals surface area contributed by atoms with Crippen LogP contribution in [-0.2, 0) is 7.05 Å². The standard InChI is InChI=1S/C21H26N6O2/c1-15-9-19(23-13-22-15)27-8-4-7-21(29,12-27)11-25(2)20(28)16-5-6-18-17(10-16)24-14-26(18)3/h5-6,9-10,13-14,29H,4,7-8,11-12H2,1-3H3. The van der Waals surface area contributed by atoms with Crippen molar-refractivity contribution in [3.05, 3.63) is 48.2 Å². The molecule has 1 aliphatic rings. The van der Waals surface area contributed by atoms with Crippen molar-refractivity contribution in [3.8, 4) is 0 Å². The third-order valence-electron chi connectivity index (χ3n) is 5.52. The highest BCUT2D eigenvalue weighted by Crippen LogP contribution is 2.26. The van der Waals surface area contributed by atoms with E-state index in [0.717, 1.165) is 35.5 Å². The normalized spacial score (nSPS) is 19.5. The minimum Gasteiger partial charge on any atom is -0.386 e. The first kappa shape index (κ1) is 19.3. The third kappa shape index (κ3) is 3.93. The molecule has 3 heterocycles. The number of β-amino-alcohol motifs (C(OH)–C–C–N with tert-alkyl or cyclic N) is 1. The molecule has 0 bridgehead atoms. The maximum atomic E-state index is 13.0. The second kappa shape index (κ2) is 7.44. The van der Waals surface area contributed by atoms with Crippen LogP contribution in [0.3, 0.4) is 0 Å². The van der Waals surface area contributed by atoms with E-state index in [2.05, 4.69) is 19.9 Å². The summed E-state index contributed by atoms with van der Waals surface area (Å²) in [5.74, 6) is 0.686. The molecule has 8 heteroatoms. The molecule has 4 rings (SSSR count). The Labute approximate surface area is 169 Å². The van der Waals surface area contributed by atoms with E-state index in [1.807, 2.05) is 36.7 Å². The molecule has 0 saturated carbocycles. The Hall–Kier alpha value is -3.00. The molecule has 1 atom stereocenters. The van der Waals surface area contributed by atoms with Gasteiger partial charge in [-0.3, -0.25) is 4.79 Å². The molecule has 1 amide bonds. The molecule has 29 heavy (non-hydrogen) atoms. The van der Waals surface area contributed by atoms with Gasteiger partial charge < -0.3 is 19.5 Å². The maximum absolute atomic E-state index is 13.0. The zero-order chi connectivity index (χ0) is 20.6. The number of aryl methyl sites for hydroxylation is 2. The zero-order valence-corrected chi connectivity index (χ0v) is 17.0. The van der Waals surface area contributed by atoms with E-state index in [9.17, 15) is 9.90 Å². The summed E-state index contributed by atoms with van der Waals surface area (Å²) in [6, 6.07) is 7.43. The van der Waals surface area contributed by atoms with Gasteiger partial charge in [0.15, 0.2) is 0 Å². The lowest BCUT2D eigenvalue weighted by atomic mass is 9.92. The van der Waals surface area contributed by atoms with Gasteiger partial charge in [0.1, 0.15) is 12.1 Å². The number of aromatic nitrogens is 4. The van der Waals surface area contributed by atoms with Gasteiger partial charge in [-0.1, -0.05) is 0 Å². The molecule has 1 saturated heterocycles. The highest BCUT2D eigenvalue weighted by molar-refractivity contribution is 5.97. The molecule has 1 aliphatic heterocycles. The number of carbonyl (C=O) groups excluding carboxylic acids is 1. The summed E-state index contributed by atoms with van der Waals surface area (Å²) in [6.45, 7) is 3.44. The van der Waals surface area contributed by atoms with E-state index in [1.54, 1.807) is 30.7 Å². The van der Waals surface area contributed by atoms with Crippen molar-refractivity contribution < 1.29 is 9.90 Å². The molecular formula is C21H26N6O2. The van der Waals surface area contributed by atoms with Gasteiger partial charge in [0, 0.05) is 44.5 Å². The highest BCUT2D eigenvalue weighted by atomic mass is 16.3. The van der Waals surface area contributed by atoms with Gasteiger partial charge >= 0.3 is 0 Å². The molecule has 0 aliphatic carbocycles. The number of fused-ring (bicyclic) bond motifs is 1. The minimum atomic E-state index is -0.989. The van der Waals surface area contributed by atoms with Crippen LogP contribution in [0.1, 0.15) is 28.9 Å². The molecule has 2 aromatic heterocycles. The monoisotopic (exact) mass is 394 g/mol. The second-order valence-electron chi connectivity index (χ2n) is 7.99. The van der Waals surface area contributed by atoms with E-state index in [-0.39, 0.29) is 12.5 Å². The summed E-state index contributed by atoms with van der Waals surface area (Å²) in [6.07, 6.45) is 4.75. The number of carbonyl (C=O) groups is 1. The van der Waals surface area contributed by atoms with Crippen molar-refractivity contribution in [1.29, 1.82) is 0 Å². The molecule has 3 aromatic rings. The van der Waals surface area contributed by atoms with Crippen LogP contribution in [0.5, 0.6) is 0 Å². The Morgan fingerprint density at radius 2 is 2.10 bits per heavy atom. The average Bonchev–Trinajstić information content (AvgIpc) is 3.07. The fraction of sp³-hybridized carbons (Fsp3) is 0.429. The number of imidazole rings is 1. The number of hydrogen-bond donors (Lipinski definition) is 1. The van der Waals surface area contributed by atoms with E-state index in [1.165, 1.54) is 0 Å². The molecule has 0 radical (unpaired) electrons. The van der Waals surface area contributed by atoms with Crippen molar-refractivity contribution in [2.45, 2.75) is 25.4 Å². The summed E-state index contributed by atoms with van der Waals surface area (Å²) in [4.78, 5) is 29.4. The Morgan fingerprint density at radius 1 is 1.28 bits per heavy atom. The molecule has 152 valence electrons. The molecule has 8 nitrogen and oxygen atoms in total. The molecule has 1 aromatic carbocycles. The molecule has 1 fully saturated rings. The van der Waals surface area contributed by atoms with Crippen LogP contribution in [-0.4, -0.2) is 67.7 Å². The largest absolute Gasteiger partial charge is 0.386 e. The number of piperidine rings is 1. The average molecular weight is 394 g/mol.